The molecular formula is C40H49N5O8. The van der Waals surface area contributed by atoms with Gasteiger partial charge in [-0.25, -0.2) is 4.79 Å². The summed E-state index contributed by atoms with van der Waals surface area (Å²) in [5.41, 5.74) is -0.0956. The normalized spacial score (nSPS) is 30.7. The van der Waals surface area contributed by atoms with Crippen molar-refractivity contribution >= 4 is 23.9 Å². The first kappa shape index (κ1) is 36.4. The van der Waals surface area contributed by atoms with Crippen LogP contribution in [-0.4, -0.2) is 78.4 Å². The molecule has 7 atom stereocenters. The van der Waals surface area contributed by atoms with E-state index in [-0.39, 0.29) is 43.0 Å². The Kier molecular flexibility index (Phi) is 9.48. The maximum absolute atomic E-state index is 15.1. The van der Waals surface area contributed by atoms with Gasteiger partial charge in [0.05, 0.1) is 32.2 Å². The second-order valence-electron chi connectivity index (χ2n) is 16.2. The van der Waals surface area contributed by atoms with Crippen molar-refractivity contribution in [2.45, 2.75) is 88.3 Å². The van der Waals surface area contributed by atoms with Gasteiger partial charge < -0.3 is 34.9 Å². The first-order chi connectivity index (χ1) is 25.3. The van der Waals surface area contributed by atoms with Gasteiger partial charge in [0.15, 0.2) is 0 Å². The highest BCUT2D eigenvalue weighted by Crippen LogP contribution is 2.69. The van der Waals surface area contributed by atoms with Gasteiger partial charge >= 0.3 is 12.1 Å². The molecular weight excluding hydrogens is 678 g/mol. The average Bonchev–Trinajstić information content (AvgIpc) is 3.66. The van der Waals surface area contributed by atoms with Gasteiger partial charge in [-0.3, -0.25) is 14.4 Å². The van der Waals surface area contributed by atoms with E-state index in [1.165, 1.54) is 0 Å². The summed E-state index contributed by atoms with van der Waals surface area (Å²) < 4.78 is 17.4. The van der Waals surface area contributed by atoms with E-state index in [0.29, 0.717) is 30.8 Å². The van der Waals surface area contributed by atoms with Gasteiger partial charge in [-0.05, 0) is 107 Å². The van der Waals surface area contributed by atoms with E-state index in [0.717, 1.165) is 36.1 Å². The highest BCUT2D eigenvalue weighted by atomic mass is 16.6. The Bertz CT molecular complexity index is 1840. The van der Waals surface area contributed by atoms with Crippen molar-refractivity contribution in [2.24, 2.45) is 33.9 Å². The number of fused-ring (bicyclic) bond motifs is 1. The minimum atomic E-state index is -1.21. The molecule has 282 valence electrons. The molecule has 1 aromatic carbocycles. The van der Waals surface area contributed by atoms with Crippen LogP contribution in [0.3, 0.4) is 0 Å². The Morgan fingerprint density at radius 3 is 2.49 bits per heavy atom. The highest BCUT2D eigenvalue weighted by Gasteiger charge is 2.73. The van der Waals surface area contributed by atoms with Gasteiger partial charge in [0.2, 0.25) is 5.91 Å². The molecule has 4 saturated carbocycles. The SMILES string of the molecule is COc1cccc(OC)c1C12CC3CC(C1NC(=O)CNC(=O)OC(C)(C)C)C(C(=O)O)C(N(C(=O)C1=CCN=N1)C1=CC=CC4=CCCCC41)(C3)C2. The standard InChI is InChI=1S/C40H49N5O8/c1-38(2,3)53-37(50)41-21-31(46)43-34-26-18-23-19-39(34,33-29(51-4)14-9-15-30(33)52-5)22-40(20-23,32(26)36(48)49)45(35(47)27-16-17-42-44-27)28-13-8-11-24-10-6-7-12-25(24)28/h8-11,13-16,23,25-26,32,34H,6-7,12,17-22H2,1-5H3,(H,41,50)(H,43,46)(H,48,49). The van der Waals surface area contributed by atoms with E-state index in [1.807, 2.05) is 30.4 Å². The number of aliphatic carboxylic acids is 1. The van der Waals surface area contributed by atoms with Gasteiger partial charge in [0.1, 0.15) is 29.3 Å². The second-order valence-corrected chi connectivity index (χ2v) is 16.2. The van der Waals surface area contributed by atoms with Crippen LogP contribution in [0.25, 0.3) is 0 Å². The number of methoxy groups -OCH3 is 2. The number of ether oxygens (including phenoxy) is 3. The van der Waals surface area contributed by atoms with E-state index in [2.05, 4.69) is 33.0 Å². The molecule has 0 saturated heterocycles. The molecule has 13 nitrogen and oxygen atoms in total. The second kappa shape index (κ2) is 13.8. The van der Waals surface area contributed by atoms with Crippen molar-refractivity contribution in [3.63, 3.8) is 0 Å². The number of nitrogens with one attached hydrogen (secondary N) is 2. The van der Waals surface area contributed by atoms with Crippen LogP contribution >= 0.6 is 0 Å². The molecule has 3 amide bonds. The zero-order valence-corrected chi connectivity index (χ0v) is 31.0. The fraction of sp³-hybridized carbons (Fsp3) is 0.550. The molecule has 4 bridgehead atoms. The van der Waals surface area contributed by atoms with E-state index >= 15 is 4.79 Å². The number of carbonyl (C=O) groups is 4. The van der Waals surface area contributed by atoms with E-state index in [1.54, 1.807) is 46.0 Å². The first-order valence-electron chi connectivity index (χ1n) is 18.5. The number of carbonyl (C=O) groups excluding carboxylic acids is 3. The number of azo groups is 1. The summed E-state index contributed by atoms with van der Waals surface area (Å²) in [6.07, 6.45) is 13.6. The molecule has 0 radical (unpaired) electrons. The van der Waals surface area contributed by atoms with E-state index in [4.69, 9.17) is 14.2 Å². The Hall–Kier alpha value is -4.94. The highest BCUT2D eigenvalue weighted by molar-refractivity contribution is 5.96. The number of carboxylic acid groups (broad SMARTS) is 1. The summed E-state index contributed by atoms with van der Waals surface area (Å²) >= 11 is 0. The molecule has 6 aliphatic carbocycles. The van der Waals surface area contributed by atoms with Crippen molar-refractivity contribution in [2.75, 3.05) is 27.3 Å². The number of hydrogen-bond acceptors (Lipinski definition) is 9. The van der Waals surface area contributed by atoms with Crippen LogP contribution < -0.4 is 20.1 Å². The van der Waals surface area contributed by atoms with Crippen LogP contribution in [0.5, 0.6) is 11.5 Å². The van der Waals surface area contributed by atoms with E-state index < -0.39 is 52.4 Å². The van der Waals surface area contributed by atoms with Crippen LogP contribution in [0.1, 0.15) is 71.3 Å². The number of benzene rings is 1. The number of nitrogens with zero attached hydrogens (tertiary/aromatic N) is 3. The lowest BCUT2D eigenvalue weighted by Gasteiger charge is -2.70. The Labute approximate surface area is 309 Å². The monoisotopic (exact) mass is 727 g/mol. The summed E-state index contributed by atoms with van der Waals surface area (Å²) in [5, 5.41) is 25.4. The molecule has 1 aromatic rings. The molecule has 53 heavy (non-hydrogen) atoms. The maximum Gasteiger partial charge on any atom is 0.408 e. The molecule has 8 rings (SSSR count). The number of hydrogen-bond donors (Lipinski definition) is 3. The van der Waals surface area contributed by atoms with Crippen molar-refractivity contribution < 1.29 is 38.5 Å². The Morgan fingerprint density at radius 1 is 1.08 bits per heavy atom. The lowest BCUT2D eigenvalue weighted by atomic mass is 9.39. The third-order valence-electron chi connectivity index (χ3n) is 11.9. The molecule has 0 spiro atoms. The summed E-state index contributed by atoms with van der Waals surface area (Å²) in [7, 11) is 3.16. The Balaban J connectivity index is 1.40. The van der Waals surface area contributed by atoms with Crippen LogP contribution in [0.4, 0.5) is 4.79 Å². The van der Waals surface area contributed by atoms with Crippen molar-refractivity contribution in [1.82, 2.24) is 15.5 Å². The van der Waals surface area contributed by atoms with Crippen LogP contribution in [0, 0.1) is 23.7 Å². The third kappa shape index (κ3) is 6.31. The van der Waals surface area contributed by atoms with Crippen molar-refractivity contribution in [1.29, 1.82) is 0 Å². The number of amides is 3. The number of alkyl carbamates (subject to hydrolysis) is 1. The topological polar surface area (TPSA) is 168 Å². The summed E-state index contributed by atoms with van der Waals surface area (Å²) in [4.78, 5) is 57.1. The minimum Gasteiger partial charge on any atom is -0.496 e. The largest absolute Gasteiger partial charge is 0.496 e. The lowest BCUT2D eigenvalue weighted by Crippen LogP contribution is -2.78. The fourth-order valence-corrected chi connectivity index (χ4v) is 10.5. The zero-order valence-electron chi connectivity index (χ0n) is 31.0. The number of carboxylic acids is 1. The molecule has 7 unspecified atom stereocenters. The van der Waals surface area contributed by atoms with Crippen molar-refractivity contribution in [3.8, 4) is 11.5 Å². The van der Waals surface area contributed by atoms with Crippen LogP contribution in [-0.2, 0) is 24.5 Å². The van der Waals surface area contributed by atoms with Gasteiger partial charge in [0.25, 0.3) is 5.91 Å². The number of rotatable bonds is 10. The minimum absolute atomic E-state index is 0.00240. The molecule has 1 heterocycles. The first-order valence-corrected chi connectivity index (χ1v) is 18.5. The quantitative estimate of drug-likeness (QED) is 0.281. The molecule has 13 heteroatoms. The van der Waals surface area contributed by atoms with Crippen molar-refractivity contribution in [3.05, 3.63) is 71.1 Å². The number of allylic oxidation sites excluding steroid dienone is 5. The smallest absolute Gasteiger partial charge is 0.408 e. The summed E-state index contributed by atoms with van der Waals surface area (Å²) in [6.45, 7) is 5.11. The summed E-state index contributed by atoms with van der Waals surface area (Å²) in [5.74, 6) is -2.53. The molecule has 1 aliphatic heterocycles. The molecule has 0 aromatic heterocycles. The predicted molar refractivity (Wildman–Crippen MR) is 194 cm³/mol. The van der Waals surface area contributed by atoms with Gasteiger partial charge in [-0.15, -0.1) is 0 Å². The zero-order chi connectivity index (χ0) is 37.7. The fourth-order valence-electron chi connectivity index (χ4n) is 10.5. The van der Waals surface area contributed by atoms with Crippen LogP contribution in [0.2, 0.25) is 0 Å². The average molecular weight is 728 g/mol. The maximum atomic E-state index is 15.1. The van der Waals surface area contributed by atoms with Gasteiger partial charge in [0, 0.05) is 28.6 Å². The molecule has 3 N–H and O–H groups in total. The third-order valence-corrected chi connectivity index (χ3v) is 11.9. The van der Waals surface area contributed by atoms with Crippen LogP contribution in [0.15, 0.2) is 75.8 Å². The Morgan fingerprint density at radius 2 is 1.83 bits per heavy atom. The predicted octanol–water partition coefficient (Wildman–Crippen LogP) is 5.58. The van der Waals surface area contributed by atoms with Gasteiger partial charge in [-0.2, -0.15) is 10.2 Å². The lowest BCUT2D eigenvalue weighted by molar-refractivity contribution is -0.188. The van der Waals surface area contributed by atoms with E-state index in [9.17, 15) is 19.5 Å². The molecule has 4 fully saturated rings. The van der Waals surface area contributed by atoms with Gasteiger partial charge in [-0.1, -0.05) is 24.3 Å². The molecule has 7 aliphatic rings. The summed E-state index contributed by atoms with van der Waals surface area (Å²) in [6, 6.07) is 4.82.